The summed E-state index contributed by atoms with van der Waals surface area (Å²) >= 11 is 0. The summed E-state index contributed by atoms with van der Waals surface area (Å²) in [6.07, 6.45) is 10.9. The van der Waals surface area contributed by atoms with Gasteiger partial charge in [-0.15, -0.1) is 0 Å². The molecule has 0 N–H and O–H groups in total. The highest BCUT2D eigenvalue weighted by Crippen LogP contribution is 2.44. The predicted octanol–water partition coefficient (Wildman–Crippen LogP) is 27.0. The van der Waals surface area contributed by atoms with Crippen LogP contribution in [0.3, 0.4) is 0 Å². The van der Waals surface area contributed by atoms with Gasteiger partial charge >= 0.3 is 0 Å². The Morgan fingerprint density at radius 2 is 0.488 bits per heavy atom. The van der Waals surface area contributed by atoms with Gasteiger partial charge < -0.3 is 0 Å². The van der Waals surface area contributed by atoms with E-state index in [0.717, 1.165) is 122 Å². The van der Waals surface area contributed by atoms with E-state index in [-0.39, 0.29) is 0 Å². The molecular weight excluding hydrogens is 1500 g/mol. The quantitative estimate of drug-likeness (QED) is 0.144. The number of para-hydroxylation sites is 3. The van der Waals surface area contributed by atoms with Gasteiger partial charge in [-0.1, -0.05) is 243 Å². The van der Waals surface area contributed by atoms with E-state index in [4.69, 9.17) is 34.9 Å². The van der Waals surface area contributed by atoms with E-state index >= 15 is 0 Å². The van der Waals surface area contributed by atoms with Gasteiger partial charge in [0.25, 0.3) is 0 Å². The molecule has 0 saturated carbocycles. The molecule has 0 amide bonds. The number of hydrogen-bond acceptors (Lipinski definition) is 10. The molecule has 0 spiro atoms. The second-order valence-electron chi connectivity index (χ2n) is 31.1. The van der Waals surface area contributed by atoms with E-state index in [1.807, 2.05) is 104 Å². The van der Waals surface area contributed by atoms with E-state index in [2.05, 4.69) is 320 Å². The minimum absolute atomic E-state index is 0.637. The molecule has 16 aromatic carbocycles. The smallest absolute Gasteiger partial charge is 0.235 e. The molecule has 26 aromatic rings. The van der Waals surface area contributed by atoms with E-state index in [1.54, 1.807) is 12.4 Å². The van der Waals surface area contributed by atoms with Crippen molar-refractivity contribution in [1.82, 2.24) is 63.5 Å². The molecule has 13 heteroatoms. The van der Waals surface area contributed by atoms with Gasteiger partial charge in [0.1, 0.15) is 0 Å². The van der Waals surface area contributed by atoms with Crippen molar-refractivity contribution in [3.8, 4) is 74.1 Å². The van der Waals surface area contributed by atoms with Crippen LogP contribution in [0.5, 0.6) is 0 Å². The van der Waals surface area contributed by atoms with Crippen LogP contribution in [-0.2, 0) is 0 Å². The summed E-state index contributed by atoms with van der Waals surface area (Å²) in [7, 11) is 0. The Hall–Kier alpha value is -16.9. The van der Waals surface area contributed by atoms with Gasteiger partial charge in [-0.05, 0) is 192 Å². The summed E-state index contributed by atoms with van der Waals surface area (Å²) in [5.41, 5.74) is 18.9. The van der Waals surface area contributed by atoms with Gasteiger partial charge in [-0.25, -0.2) is 29.9 Å². The van der Waals surface area contributed by atoms with Crippen LogP contribution in [0.25, 0.3) is 237 Å². The maximum atomic E-state index is 5.31. The molecule has 123 heavy (non-hydrogen) atoms. The van der Waals surface area contributed by atoms with Gasteiger partial charge in [0.2, 0.25) is 17.8 Å². The molecule has 0 aliphatic heterocycles. The monoisotopic (exact) mass is 1570 g/mol. The fraction of sp³-hybridized carbons (Fsp3) is 0. The van der Waals surface area contributed by atoms with Crippen molar-refractivity contribution in [2.24, 2.45) is 0 Å². The lowest BCUT2D eigenvalue weighted by atomic mass is 10.0. The van der Waals surface area contributed by atoms with Crippen LogP contribution in [0.4, 0.5) is 0 Å². The zero-order valence-electron chi connectivity index (χ0n) is 66.0. The Morgan fingerprint density at radius 3 is 0.894 bits per heavy atom. The Kier molecular flexibility index (Phi) is 16.6. The summed E-state index contributed by atoms with van der Waals surface area (Å²) in [6.45, 7) is 0. The van der Waals surface area contributed by atoms with Crippen LogP contribution < -0.4 is 0 Å². The molecule has 26 rings (SSSR count). The molecule has 0 bridgehead atoms. The van der Waals surface area contributed by atoms with Crippen molar-refractivity contribution in [3.05, 3.63) is 407 Å². The number of aromatic nitrogens is 13. The van der Waals surface area contributed by atoms with Crippen LogP contribution in [0.15, 0.2) is 407 Å². The first kappa shape index (κ1) is 70.3. The molecule has 0 aliphatic carbocycles. The largest absolute Gasteiger partial charge is 0.278 e. The van der Waals surface area contributed by atoms with Crippen molar-refractivity contribution >= 4 is 163 Å². The number of rotatable bonds is 8. The Labute approximate surface area is 703 Å². The molecule has 13 nitrogen and oxygen atoms in total. The first-order valence-electron chi connectivity index (χ1n) is 41.1. The fourth-order valence-corrected chi connectivity index (χ4v) is 18.2. The van der Waals surface area contributed by atoms with Crippen LogP contribution in [-0.4, -0.2) is 63.5 Å². The Morgan fingerprint density at radius 1 is 0.179 bits per heavy atom. The third-order valence-corrected chi connectivity index (χ3v) is 24.0. The third-order valence-electron chi connectivity index (χ3n) is 24.0. The molecule has 0 unspecified atom stereocenters. The average Bonchev–Trinajstić information content (AvgIpc) is 1.58. The standard InChI is InChI=1S/C39H24N4.C38H23N5.C33H20N4/c1-2-11-29-24-36-32(23-28(29)10-1)37-30-12-4-3-9-25(30)20-21-35(37)43(36)39-41-34-15-6-5-13-31(34)38(42-39)27-18-16-26(17-19-27)33-14-7-8-22-40-33;1-3-9-27-21-35-31(19-25(27)7-1)32-20-26-8-2-4-10-28(26)22-36(32)43(35)38-41-34-12-6-5-11-30(34)37(42-38)29-13-14-33(40-23-29)24-15-17-39-18-16-24;1-2-9-24-20-30-27(19-23(24)8-1)31-25-10-4-3-7-21(25)13-14-29(31)37(30)33-35-28-12-6-5-11-26(28)32(36-33)22-15-17-34-18-16-22/h1-24H;1-23H;1-20H. The summed E-state index contributed by atoms with van der Waals surface area (Å²) in [4.78, 5) is 48.9. The maximum Gasteiger partial charge on any atom is 0.235 e. The Bertz CT molecular complexity index is 8480. The van der Waals surface area contributed by atoms with Crippen molar-refractivity contribution in [2.45, 2.75) is 0 Å². The van der Waals surface area contributed by atoms with Crippen molar-refractivity contribution in [3.63, 3.8) is 0 Å². The lowest BCUT2D eigenvalue weighted by Crippen LogP contribution is -2.03. The highest BCUT2D eigenvalue weighted by Gasteiger charge is 2.25. The first-order chi connectivity index (χ1) is 61.0. The highest BCUT2D eigenvalue weighted by atomic mass is 15.2. The van der Waals surface area contributed by atoms with Crippen molar-refractivity contribution in [1.29, 1.82) is 0 Å². The number of hydrogen-bond donors (Lipinski definition) is 0. The minimum Gasteiger partial charge on any atom is -0.278 e. The number of nitrogens with zero attached hydrogens (tertiary/aromatic N) is 13. The molecular formula is C110H67N13. The summed E-state index contributed by atoms with van der Waals surface area (Å²) in [5.74, 6) is 1.96. The summed E-state index contributed by atoms with van der Waals surface area (Å²) in [5, 5.41) is 24.7. The zero-order chi connectivity index (χ0) is 81.0. The van der Waals surface area contributed by atoms with E-state index in [0.29, 0.717) is 17.8 Å². The SMILES string of the molecule is c1ccc(-c2ccc(-c3nc(-n4c5cc6ccccc6cc5c5c6ccccc6ccc54)nc4ccccc34)cc2)nc1.c1ccc2cc3c(cc2c1)c1c2ccccc2ccc1n3-c1nc(-c2ccncc2)c2ccccc2n1.c1ccc2cc3c(cc2c1)c1cc2ccccc2cc1n3-c1nc(-c2ccc(-c3ccncc3)nc2)c2ccccc2n1. The Balaban J connectivity index is 0.000000104. The topological polar surface area (TPSA) is 144 Å². The average molecular weight is 1570 g/mol. The second kappa shape index (κ2) is 29.0. The molecule has 0 atom stereocenters. The zero-order valence-corrected chi connectivity index (χ0v) is 66.0. The molecule has 10 heterocycles. The highest BCUT2D eigenvalue weighted by molar-refractivity contribution is 6.25. The van der Waals surface area contributed by atoms with Crippen LogP contribution in [0.1, 0.15) is 0 Å². The maximum absolute atomic E-state index is 5.31. The first-order valence-corrected chi connectivity index (χ1v) is 41.1. The molecule has 10 aromatic heterocycles. The molecule has 0 aliphatic rings. The third kappa shape index (κ3) is 12.1. The molecule has 0 saturated heterocycles. The molecule has 572 valence electrons. The number of pyridine rings is 4. The van der Waals surface area contributed by atoms with Gasteiger partial charge in [0.15, 0.2) is 0 Å². The van der Waals surface area contributed by atoms with Crippen molar-refractivity contribution in [2.75, 3.05) is 0 Å². The normalized spacial score (nSPS) is 11.7. The van der Waals surface area contributed by atoms with Gasteiger partial charge in [0.05, 0.1) is 78.1 Å². The van der Waals surface area contributed by atoms with E-state index in [9.17, 15) is 0 Å². The summed E-state index contributed by atoms with van der Waals surface area (Å²) in [6, 6.07) is 130. The van der Waals surface area contributed by atoms with E-state index < -0.39 is 0 Å². The fourth-order valence-electron chi connectivity index (χ4n) is 18.2. The molecule has 0 fully saturated rings. The minimum atomic E-state index is 0.637. The van der Waals surface area contributed by atoms with E-state index in [1.165, 1.54) is 97.0 Å². The molecule has 0 radical (unpaired) electrons. The van der Waals surface area contributed by atoms with Crippen LogP contribution in [0.2, 0.25) is 0 Å². The number of fused-ring (bicyclic) bond motifs is 20. The van der Waals surface area contributed by atoms with Crippen molar-refractivity contribution < 1.29 is 0 Å². The van der Waals surface area contributed by atoms with Crippen LogP contribution in [0, 0.1) is 0 Å². The predicted molar refractivity (Wildman–Crippen MR) is 505 cm³/mol. The van der Waals surface area contributed by atoms with Gasteiger partial charge in [-0.3, -0.25) is 33.6 Å². The lowest BCUT2D eigenvalue weighted by molar-refractivity contribution is 1.01. The second-order valence-corrected chi connectivity index (χ2v) is 31.1. The lowest BCUT2D eigenvalue weighted by Gasteiger charge is -2.12. The van der Waals surface area contributed by atoms with Gasteiger partial charge in [0, 0.05) is 113 Å². The van der Waals surface area contributed by atoms with Gasteiger partial charge in [-0.2, -0.15) is 0 Å². The van der Waals surface area contributed by atoms with Crippen LogP contribution >= 0.6 is 0 Å². The number of benzene rings is 16. The summed E-state index contributed by atoms with van der Waals surface area (Å²) < 4.78 is 6.68.